The zero-order valence-electron chi connectivity index (χ0n) is 17.8. The number of hydrogen-bond donors (Lipinski definition) is 5. The number of rotatable bonds is 1. The Hall–Kier alpha value is -1.34. The fraction of sp³-hybridized carbons (Fsp3) is 0.538. The summed E-state index contributed by atoms with van der Waals surface area (Å²) in [5.41, 5.74) is -11.3. The molecular formula is C13H27F6N5O8OsS2. The average molecular weight is 750 g/mol. The first-order valence-corrected chi connectivity index (χ1v) is 10.0. The number of allylic oxidation sites excluding steroid dienone is 4. The van der Waals surface area contributed by atoms with Crippen molar-refractivity contribution in [1.29, 1.82) is 0 Å². The van der Waals surface area contributed by atoms with Gasteiger partial charge in [-0.25, -0.2) is 16.8 Å². The third-order valence-electron chi connectivity index (χ3n) is 3.36. The van der Waals surface area contributed by atoms with Crippen molar-refractivity contribution in [2.45, 2.75) is 30.3 Å². The largest absolute Gasteiger partial charge is 2.00 e. The van der Waals surface area contributed by atoms with E-state index in [0.29, 0.717) is 24.0 Å². The number of Topliss-reactive ketones (excluding diaryl/α,β-unsaturated/α-hetero) is 1. The van der Waals surface area contributed by atoms with Crippen LogP contribution < -0.4 is 30.8 Å². The summed E-state index contributed by atoms with van der Waals surface area (Å²) in [5, 5.41) is 0. The SMILES string of the molecule is N.N.N.N.N.O=C1C=CC(C2CCC(=O)C2)C=C1.O=S(=O)([O-])C(F)(F)F.O=S(=O)([O-])C(F)(F)F.[Os+2]. The van der Waals surface area contributed by atoms with E-state index in [1.807, 2.05) is 12.2 Å². The molecule has 0 amide bonds. The molecule has 0 aromatic rings. The van der Waals surface area contributed by atoms with Gasteiger partial charge in [0.25, 0.3) is 0 Å². The maximum absolute atomic E-state index is 11.0. The van der Waals surface area contributed by atoms with E-state index in [2.05, 4.69) is 0 Å². The summed E-state index contributed by atoms with van der Waals surface area (Å²) >= 11 is 0. The fourth-order valence-corrected chi connectivity index (χ4v) is 2.02. The van der Waals surface area contributed by atoms with Gasteiger partial charge < -0.3 is 39.9 Å². The molecule has 2 aliphatic carbocycles. The summed E-state index contributed by atoms with van der Waals surface area (Å²) in [7, 11) is -12.2. The van der Waals surface area contributed by atoms with E-state index in [0.717, 1.165) is 12.8 Å². The number of hydrogen-bond acceptors (Lipinski definition) is 13. The first-order valence-electron chi connectivity index (χ1n) is 7.22. The Bertz CT molecular complexity index is 837. The predicted molar refractivity (Wildman–Crippen MR) is 106 cm³/mol. The summed E-state index contributed by atoms with van der Waals surface area (Å²) in [4.78, 5) is 21.9. The van der Waals surface area contributed by atoms with Crippen molar-refractivity contribution in [3.63, 3.8) is 0 Å². The molecule has 1 atom stereocenters. The number of halogens is 6. The zero-order valence-corrected chi connectivity index (χ0v) is 22.0. The van der Waals surface area contributed by atoms with Gasteiger partial charge in [-0.2, -0.15) is 26.3 Å². The van der Waals surface area contributed by atoms with Crippen LogP contribution in [0.3, 0.4) is 0 Å². The van der Waals surface area contributed by atoms with Crippen molar-refractivity contribution in [2.75, 3.05) is 0 Å². The van der Waals surface area contributed by atoms with Crippen LogP contribution in [-0.2, 0) is 49.6 Å². The van der Waals surface area contributed by atoms with Crippen molar-refractivity contribution in [3.05, 3.63) is 24.3 Å². The summed E-state index contributed by atoms with van der Waals surface area (Å²) in [6.07, 6.45) is 9.44. The van der Waals surface area contributed by atoms with E-state index in [4.69, 9.17) is 25.9 Å². The normalized spacial score (nSPS) is 17.1. The van der Waals surface area contributed by atoms with Gasteiger partial charge in [-0.1, -0.05) is 12.2 Å². The van der Waals surface area contributed by atoms with E-state index in [9.17, 15) is 35.9 Å². The second kappa shape index (κ2) is 18.9. The molecule has 214 valence electrons. The molecule has 2 rings (SSSR count). The minimum absolute atomic E-state index is 0. The van der Waals surface area contributed by atoms with E-state index < -0.39 is 31.3 Å². The Morgan fingerprint density at radius 1 is 0.743 bits per heavy atom. The maximum atomic E-state index is 11.0. The van der Waals surface area contributed by atoms with Crippen LogP contribution in [0.5, 0.6) is 0 Å². The summed E-state index contributed by atoms with van der Waals surface area (Å²) in [6, 6.07) is 0. The van der Waals surface area contributed by atoms with Crippen LogP contribution >= 0.6 is 0 Å². The molecule has 0 aromatic heterocycles. The summed E-state index contributed by atoms with van der Waals surface area (Å²) in [6.45, 7) is 0. The Kier molecular flexibility index (Phi) is 27.2. The van der Waals surface area contributed by atoms with Crippen molar-refractivity contribution < 1.29 is 81.7 Å². The van der Waals surface area contributed by atoms with Gasteiger partial charge in [0.15, 0.2) is 26.0 Å². The van der Waals surface area contributed by atoms with Crippen molar-refractivity contribution in [3.8, 4) is 0 Å². The third-order valence-corrected chi connectivity index (χ3v) is 4.49. The van der Waals surface area contributed by atoms with Gasteiger partial charge >= 0.3 is 30.8 Å². The molecule has 22 heteroatoms. The predicted octanol–water partition coefficient (Wildman–Crippen LogP) is 2.58. The van der Waals surface area contributed by atoms with Gasteiger partial charge in [-0.3, -0.25) is 9.59 Å². The van der Waals surface area contributed by atoms with Crippen LogP contribution in [0.4, 0.5) is 26.3 Å². The van der Waals surface area contributed by atoms with Crippen LogP contribution in [0.2, 0.25) is 0 Å². The maximum Gasteiger partial charge on any atom is 2.00 e. The Labute approximate surface area is 210 Å². The molecule has 15 N–H and O–H groups in total. The average Bonchev–Trinajstić information content (AvgIpc) is 2.92. The van der Waals surface area contributed by atoms with Crippen molar-refractivity contribution >= 4 is 31.8 Å². The monoisotopic (exact) mass is 751 g/mol. The van der Waals surface area contributed by atoms with Gasteiger partial charge in [0.1, 0.15) is 5.78 Å². The van der Waals surface area contributed by atoms with Crippen LogP contribution in [-0.4, -0.2) is 48.5 Å². The van der Waals surface area contributed by atoms with Crippen molar-refractivity contribution in [2.24, 2.45) is 11.8 Å². The molecule has 0 heterocycles. The van der Waals surface area contributed by atoms with Crippen LogP contribution in [0.15, 0.2) is 24.3 Å². The quantitative estimate of drug-likeness (QED) is 0.146. The minimum Gasteiger partial charge on any atom is -0.741 e. The molecule has 13 nitrogen and oxygen atoms in total. The third kappa shape index (κ3) is 19.5. The van der Waals surface area contributed by atoms with Gasteiger partial charge in [-0.15, -0.1) is 0 Å². The first-order chi connectivity index (χ1) is 12.8. The molecule has 0 saturated heterocycles. The minimum atomic E-state index is -6.09. The van der Waals surface area contributed by atoms with Crippen LogP contribution in [0.25, 0.3) is 0 Å². The molecular weight excluding hydrogens is 723 g/mol. The first kappa shape index (κ1) is 50.5. The second-order valence-corrected chi connectivity index (χ2v) is 8.28. The summed E-state index contributed by atoms with van der Waals surface area (Å²) in [5.74, 6) is 1.17. The Morgan fingerprint density at radius 2 is 1.03 bits per heavy atom. The molecule has 2 aliphatic rings. The van der Waals surface area contributed by atoms with E-state index in [1.54, 1.807) is 12.2 Å². The zero-order chi connectivity index (χ0) is 23.3. The number of carbonyl (C=O) groups is 2. The summed E-state index contributed by atoms with van der Waals surface area (Å²) < 4.78 is 118. The molecule has 1 saturated carbocycles. The topological polar surface area (TPSA) is 324 Å². The molecule has 0 radical (unpaired) electrons. The molecule has 1 fully saturated rings. The van der Waals surface area contributed by atoms with Crippen molar-refractivity contribution in [1.82, 2.24) is 30.8 Å². The molecule has 35 heavy (non-hydrogen) atoms. The standard InChI is InChI=1S/C11H12O2.2CHF3O3S.5H3N.Os/c12-10-4-1-8(2-5-10)9-3-6-11(13)7-9;2*2-1(3,4)8(5,6)7;;;;;;/h1-2,4-5,8-9H,3,6-7H2;2*(H,5,6,7);5*1H3;/q;;;;;;;;+2/p-2. The van der Waals surface area contributed by atoms with E-state index in [1.165, 1.54) is 0 Å². The molecule has 0 spiro atoms. The van der Waals surface area contributed by atoms with Gasteiger partial charge in [0, 0.05) is 12.8 Å². The van der Waals surface area contributed by atoms with Gasteiger partial charge in [0.2, 0.25) is 0 Å². The molecule has 0 aliphatic heterocycles. The van der Waals surface area contributed by atoms with Crippen LogP contribution in [0.1, 0.15) is 19.3 Å². The fourth-order valence-electron chi connectivity index (χ4n) is 2.02. The smallest absolute Gasteiger partial charge is 0.741 e. The van der Waals surface area contributed by atoms with E-state index in [-0.39, 0.29) is 56.3 Å². The number of carbonyl (C=O) groups excluding carboxylic acids is 2. The van der Waals surface area contributed by atoms with Gasteiger partial charge in [0.05, 0.1) is 0 Å². The van der Waals surface area contributed by atoms with Crippen LogP contribution in [0, 0.1) is 11.8 Å². The molecule has 0 bridgehead atoms. The Morgan fingerprint density at radius 3 is 1.23 bits per heavy atom. The molecule has 0 aromatic carbocycles. The van der Waals surface area contributed by atoms with E-state index >= 15 is 0 Å². The number of alkyl halides is 6. The number of ketones is 2. The molecule has 1 unspecified atom stereocenters. The second-order valence-electron chi connectivity index (χ2n) is 5.54. The Balaban J connectivity index is -0.0000000647. The van der Waals surface area contributed by atoms with Gasteiger partial charge in [-0.05, 0) is 30.4 Å².